The molecule has 0 aromatic carbocycles. The molecule has 0 saturated carbocycles. The lowest BCUT2D eigenvalue weighted by molar-refractivity contribution is 0.235. The lowest BCUT2D eigenvalue weighted by atomic mass is 10.0. The summed E-state index contributed by atoms with van der Waals surface area (Å²) in [5.41, 5.74) is 0.231. The van der Waals surface area contributed by atoms with Crippen molar-refractivity contribution in [3.8, 4) is 0 Å². The zero-order valence-corrected chi connectivity index (χ0v) is 12.0. The van der Waals surface area contributed by atoms with Gasteiger partial charge in [-0.2, -0.15) is 0 Å². The second-order valence-electron chi connectivity index (χ2n) is 5.70. The summed E-state index contributed by atoms with van der Waals surface area (Å²) >= 11 is 1.87. The van der Waals surface area contributed by atoms with Crippen LogP contribution in [0.25, 0.3) is 0 Å². The van der Waals surface area contributed by atoms with E-state index in [1.165, 1.54) is 44.5 Å². The molecule has 4 heteroatoms. The Balaban J connectivity index is 1.72. The Hall–Kier alpha value is -0.220. The summed E-state index contributed by atoms with van der Waals surface area (Å²) in [5.74, 6) is 1.20. The molecule has 3 nitrogen and oxygen atoms in total. The van der Waals surface area contributed by atoms with Crippen molar-refractivity contribution in [1.29, 1.82) is 0 Å². The molecule has 1 N–H and O–H groups in total. The van der Waals surface area contributed by atoms with Gasteiger partial charge in [0, 0.05) is 17.8 Å². The molecule has 0 unspecified atom stereocenters. The second-order valence-corrected chi connectivity index (χ2v) is 6.78. The fourth-order valence-corrected chi connectivity index (χ4v) is 3.69. The number of hydrogen-bond acceptors (Lipinski definition) is 3. The lowest BCUT2D eigenvalue weighted by Gasteiger charge is -2.32. The molecule has 2 rings (SSSR count). The third-order valence-corrected chi connectivity index (χ3v) is 4.44. The molecule has 0 radical (unpaired) electrons. The Morgan fingerprint density at radius 2 is 2.06 bits per heavy atom. The fraction of sp³-hybridized carbons (Fsp3) is 0.923. The van der Waals surface area contributed by atoms with Gasteiger partial charge in [-0.3, -0.25) is 4.99 Å². The predicted octanol–water partition coefficient (Wildman–Crippen LogP) is 2.33. The molecule has 0 atom stereocenters. The van der Waals surface area contributed by atoms with Gasteiger partial charge in [-0.15, -0.1) is 0 Å². The zero-order chi connectivity index (χ0) is 12.1. The smallest absolute Gasteiger partial charge is 0.157 e. The standard InChI is InChI=1S/C13H25N3S/c1-13(2)6-11-17-12(15-13)14-7-10-16-8-4-3-5-9-16/h3-11H2,1-2H3,(H,14,15). The number of rotatable bonds is 3. The molecule has 17 heavy (non-hydrogen) atoms. The van der Waals surface area contributed by atoms with Crippen LogP contribution in [0.1, 0.15) is 39.5 Å². The molecule has 0 bridgehead atoms. The van der Waals surface area contributed by atoms with Crippen molar-refractivity contribution in [3.05, 3.63) is 0 Å². The normalized spacial score (nSPS) is 28.0. The zero-order valence-electron chi connectivity index (χ0n) is 11.2. The van der Waals surface area contributed by atoms with Crippen molar-refractivity contribution in [3.63, 3.8) is 0 Å². The van der Waals surface area contributed by atoms with E-state index in [9.17, 15) is 0 Å². The Kier molecular flexibility index (Phi) is 4.74. The molecular formula is C13H25N3S. The van der Waals surface area contributed by atoms with Crippen LogP contribution in [0.15, 0.2) is 4.99 Å². The van der Waals surface area contributed by atoms with Gasteiger partial charge in [0.05, 0.1) is 6.54 Å². The monoisotopic (exact) mass is 255 g/mol. The van der Waals surface area contributed by atoms with Crippen LogP contribution in [0.4, 0.5) is 0 Å². The van der Waals surface area contributed by atoms with E-state index in [1.807, 2.05) is 11.8 Å². The third-order valence-electron chi connectivity index (χ3n) is 3.53. The second kappa shape index (κ2) is 6.10. The first kappa shape index (κ1) is 13.2. The third kappa shape index (κ3) is 4.51. The van der Waals surface area contributed by atoms with Crippen molar-refractivity contribution in [2.45, 2.75) is 45.1 Å². The highest BCUT2D eigenvalue weighted by molar-refractivity contribution is 8.13. The number of piperidine rings is 1. The molecule has 2 aliphatic rings. The van der Waals surface area contributed by atoms with Gasteiger partial charge >= 0.3 is 0 Å². The van der Waals surface area contributed by atoms with Crippen LogP contribution >= 0.6 is 11.8 Å². The Morgan fingerprint density at radius 3 is 2.76 bits per heavy atom. The SMILES string of the molecule is CC1(C)CCSC(=NCCN2CCCCC2)N1. The Morgan fingerprint density at radius 1 is 1.29 bits per heavy atom. The van der Waals surface area contributed by atoms with Crippen molar-refractivity contribution < 1.29 is 0 Å². The number of likely N-dealkylation sites (tertiary alicyclic amines) is 1. The van der Waals surface area contributed by atoms with Crippen molar-refractivity contribution in [2.75, 3.05) is 31.9 Å². The topological polar surface area (TPSA) is 27.6 Å². The summed E-state index contributed by atoms with van der Waals surface area (Å²) < 4.78 is 0. The minimum absolute atomic E-state index is 0.231. The fourth-order valence-electron chi connectivity index (χ4n) is 2.35. The van der Waals surface area contributed by atoms with E-state index >= 15 is 0 Å². The molecule has 98 valence electrons. The molecule has 0 aliphatic carbocycles. The van der Waals surface area contributed by atoms with Gasteiger partial charge in [0.25, 0.3) is 0 Å². The Labute approximate surface area is 109 Å². The van der Waals surface area contributed by atoms with Gasteiger partial charge in [-0.25, -0.2) is 0 Å². The van der Waals surface area contributed by atoms with Crippen LogP contribution in [-0.4, -0.2) is 47.5 Å². The maximum Gasteiger partial charge on any atom is 0.157 e. The van der Waals surface area contributed by atoms with E-state index in [0.29, 0.717) is 0 Å². The largest absolute Gasteiger partial charge is 0.360 e. The highest BCUT2D eigenvalue weighted by Crippen LogP contribution is 2.21. The van der Waals surface area contributed by atoms with Crippen molar-refractivity contribution >= 4 is 16.9 Å². The molecule has 2 fully saturated rings. The number of nitrogens with one attached hydrogen (secondary N) is 1. The molecule has 0 spiro atoms. The summed E-state index contributed by atoms with van der Waals surface area (Å²) in [5, 5.41) is 4.68. The predicted molar refractivity (Wildman–Crippen MR) is 76.9 cm³/mol. The summed E-state index contributed by atoms with van der Waals surface area (Å²) in [4.78, 5) is 7.25. The molecule has 0 aromatic rings. The average Bonchev–Trinajstić information content (AvgIpc) is 2.29. The minimum Gasteiger partial charge on any atom is -0.360 e. The molecular weight excluding hydrogens is 230 g/mol. The highest BCUT2D eigenvalue weighted by atomic mass is 32.2. The van der Waals surface area contributed by atoms with Gasteiger partial charge in [0.1, 0.15) is 0 Å². The van der Waals surface area contributed by atoms with Gasteiger partial charge in [0.2, 0.25) is 0 Å². The van der Waals surface area contributed by atoms with Gasteiger partial charge in [-0.05, 0) is 46.2 Å². The first-order chi connectivity index (χ1) is 8.16. The van der Waals surface area contributed by atoms with Crippen molar-refractivity contribution in [2.24, 2.45) is 4.99 Å². The highest BCUT2D eigenvalue weighted by Gasteiger charge is 2.23. The quantitative estimate of drug-likeness (QED) is 0.839. The van der Waals surface area contributed by atoms with E-state index in [4.69, 9.17) is 4.99 Å². The van der Waals surface area contributed by atoms with Gasteiger partial charge in [0.15, 0.2) is 5.17 Å². The maximum absolute atomic E-state index is 4.70. The van der Waals surface area contributed by atoms with E-state index < -0.39 is 0 Å². The van der Waals surface area contributed by atoms with Crippen LogP contribution in [0, 0.1) is 0 Å². The number of thioether (sulfide) groups is 1. The minimum atomic E-state index is 0.231. The average molecular weight is 255 g/mol. The number of nitrogens with zero attached hydrogens (tertiary/aromatic N) is 2. The molecule has 0 aromatic heterocycles. The van der Waals surface area contributed by atoms with E-state index in [2.05, 4.69) is 24.1 Å². The van der Waals surface area contributed by atoms with Crippen LogP contribution < -0.4 is 5.32 Å². The van der Waals surface area contributed by atoms with Crippen LogP contribution in [0.2, 0.25) is 0 Å². The lowest BCUT2D eigenvalue weighted by Crippen LogP contribution is -2.46. The summed E-state index contributed by atoms with van der Waals surface area (Å²) in [7, 11) is 0. The van der Waals surface area contributed by atoms with Gasteiger partial charge in [-0.1, -0.05) is 18.2 Å². The molecule has 2 saturated heterocycles. The van der Waals surface area contributed by atoms with Gasteiger partial charge < -0.3 is 10.2 Å². The van der Waals surface area contributed by atoms with E-state index in [0.717, 1.165) is 18.3 Å². The molecule has 2 aliphatic heterocycles. The van der Waals surface area contributed by atoms with E-state index in [1.54, 1.807) is 0 Å². The van der Waals surface area contributed by atoms with Crippen molar-refractivity contribution in [1.82, 2.24) is 10.2 Å². The summed E-state index contributed by atoms with van der Waals surface area (Å²) in [6, 6.07) is 0. The summed E-state index contributed by atoms with van der Waals surface area (Å²) in [6.45, 7) is 9.14. The maximum atomic E-state index is 4.70. The number of amidine groups is 1. The van der Waals surface area contributed by atoms with E-state index in [-0.39, 0.29) is 5.54 Å². The van der Waals surface area contributed by atoms with Crippen LogP contribution in [0.5, 0.6) is 0 Å². The van der Waals surface area contributed by atoms with Crippen LogP contribution in [-0.2, 0) is 0 Å². The molecule has 0 amide bonds. The molecule has 2 heterocycles. The summed E-state index contributed by atoms with van der Waals surface area (Å²) in [6.07, 6.45) is 5.38. The number of aliphatic imine (C=N–C) groups is 1. The first-order valence-corrected chi connectivity index (χ1v) is 7.82. The van der Waals surface area contributed by atoms with Crippen LogP contribution in [0.3, 0.4) is 0 Å². The number of hydrogen-bond donors (Lipinski definition) is 1. The first-order valence-electron chi connectivity index (χ1n) is 6.83. The Bertz CT molecular complexity index is 270.